The van der Waals surface area contributed by atoms with Gasteiger partial charge in [0.15, 0.2) is 17.2 Å². The number of anilines is 3. The van der Waals surface area contributed by atoms with Gasteiger partial charge in [-0.15, -0.1) is 5.10 Å². The summed E-state index contributed by atoms with van der Waals surface area (Å²) in [5.41, 5.74) is 10.7. The van der Waals surface area contributed by atoms with E-state index in [9.17, 15) is 5.26 Å². The van der Waals surface area contributed by atoms with Crippen LogP contribution in [0, 0.1) is 11.3 Å². The van der Waals surface area contributed by atoms with Gasteiger partial charge in [-0.05, 0) is 62.4 Å². The van der Waals surface area contributed by atoms with E-state index < -0.39 is 0 Å². The molecule has 1 aliphatic carbocycles. The average molecular weight is 468 g/mol. The lowest BCUT2D eigenvalue weighted by atomic mass is 9.91. The van der Waals surface area contributed by atoms with Crippen LogP contribution in [0.25, 0.3) is 16.8 Å². The minimum Gasteiger partial charge on any atom is -0.494 e. The molecule has 2 heterocycles. The Morgan fingerprint density at radius 2 is 1.83 bits per heavy atom. The van der Waals surface area contributed by atoms with Crippen molar-refractivity contribution >= 4 is 22.8 Å². The van der Waals surface area contributed by atoms with Crippen molar-refractivity contribution in [2.24, 2.45) is 5.73 Å². The van der Waals surface area contributed by atoms with Gasteiger partial charge >= 0.3 is 0 Å². The molecule has 35 heavy (non-hydrogen) atoms. The number of fused-ring (bicyclic) bond motifs is 1. The molecular weight excluding hydrogens is 438 g/mol. The highest BCUT2D eigenvalue weighted by molar-refractivity contribution is 5.95. The highest BCUT2D eigenvalue weighted by Crippen LogP contribution is 2.39. The first kappa shape index (κ1) is 22.7. The van der Waals surface area contributed by atoms with Gasteiger partial charge in [0, 0.05) is 17.8 Å². The number of hydrogen-bond donors (Lipinski definition) is 3. The second-order valence-corrected chi connectivity index (χ2v) is 8.79. The molecule has 2 aromatic carbocycles. The van der Waals surface area contributed by atoms with Crippen molar-refractivity contribution in [3.8, 4) is 22.9 Å². The standard InChI is InChI=1S/C27H29N7O/c1-2-35-23-14-12-20(13-15-23)31-25-24(18-6-4-3-5-7-18)26(32-21-10-8-19(29)9-11-21)33-34-22(16-28)17-30-27(25)34/h3-7,12-15,17,19,21,31H,2,8-11,29H2,1H3,(H,32,33). The molecule has 8 heteroatoms. The topological polar surface area (TPSA) is 113 Å². The second kappa shape index (κ2) is 10.0. The normalized spacial score (nSPS) is 17.6. The summed E-state index contributed by atoms with van der Waals surface area (Å²) in [6.07, 6.45) is 5.47. The van der Waals surface area contributed by atoms with Gasteiger partial charge in [0.1, 0.15) is 11.8 Å². The first-order valence-corrected chi connectivity index (χ1v) is 12.1. The zero-order valence-corrected chi connectivity index (χ0v) is 19.7. The van der Waals surface area contributed by atoms with Crippen LogP contribution >= 0.6 is 0 Å². The van der Waals surface area contributed by atoms with E-state index >= 15 is 0 Å². The van der Waals surface area contributed by atoms with Crippen molar-refractivity contribution in [1.82, 2.24) is 14.6 Å². The predicted octanol–water partition coefficient (Wildman–Crippen LogP) is 5.09. The summed E-state index contributed by atoms with van der Waals surface area (Å²) in [4.78, 5) is 4.56. The Morgan fingerprint density at radius 3 is 2.51 bits per heavy atom. The molecule has 4 aromatic rings. The van der Waals surface area contributed by atoms with Crippen molar-refractivity contribution in [2.75, 3.05) is 17.2 Å². The number of nitrogens with two attached hydrogens (primary N) is 1. The Hall–Kier alpha value is -4.09. The van der Waals surface area contributed by atoms with Gasteiger partial charge < -0.3 is 21.1 Å². The fourth-order valence-electron chi connectivity index (χ4n) is 4.58. The van der Waals surface area contributed by atoms with Crippen molar-refractivity contribution in [1.29, 1.82) is 5.26 Å². The van der Waals surface area contributed by atoms with E-state index in [0.29, 0.717) is 23.8 Å². The van der Waals surface area contributed by atoms with Crippen LogP contribution in [0.1, 0.15) is 38.3 Å². The largest absolute Gasteiger partial charge is 0.494 e. The molecule has 0 radical (unpaired) electrons. The third kappa shape index (κ3) is 4.77. The van der Waals surface area contributed by atoms with Crippen LogP contribution in [0.5, 0.6) is 5.75 Å². The summed E-state index contributed by atoms with van der Waals surface area (Å²) >= 11 is 0. The van der Waals surface area contributed by atoms with Gasteiger partial charge in [-0.3, -0.25) is 0 Å². The third-order valence-electron chi connectivity index (χ3n) is 6.37. The molecule has 0 bridgehead atoms. The predicted molar refractivity (Wildman–Crippen MR) is 138 cm³/mol. The minimum atomic E-state index is 0.257. The van der Waals surface area contributed by atoms with Crippen LogP contribution < -0.4 is 21.1 Å². The number of imidazole rings is 1. The van der Waals surface area contributed by atoms with E-state index in [1.807, 2.05) is 49.4 Å². The van der Waals surface area contributed by atoms with Gasteiger partial charge in [-0.2, -0.15) is 9.78 Å². The molecule has 1 aliphatic rings. The van der Waals surface area contributed by atoms with Crippen molar-refractivity contribution < 1.29 is 4.74 Å². The molecule has 0 amide bonds. The average Bonchev–Trinajstić information content (AvgIpc) is 3.30. The smallest absolute Gasteiger partial charge is 0.179 e. The first-order valence-electron chi connectivity index (χ1n) is 12.1. The van der Waals surface area contributed by atoms with Gasteiger partial charge in [-0.1, -0.05) is 30.3 Å². The summed E-state index contributed by atoms with van der Waals surface area (Å²) in [5, 5.41) is 21.8. The molecular formula is C27H29N7O. The lowest BCUT2D eigenvalue weighted by Gasteiger charge is -2.28. The number of nitrogens with zero attached hydrogens (tertiary/aromatic N) is 4. The SMILES string of the molecule is CCOc1ccc(Nc2c(-c3ccccc3)c(NC3CCC(N)CC3)nn3c(C#N)cnc23)cc1. The molecule has 178 valence electrons. The van der Waals surface area contributed by atoms with Crippen LogP contribution in [-0.4, -0.2) is 33.3 Å². The summed E-state index contributed by atoms with van der Waals surface area (Å²) in [6, 6.07) is 20.7. The Kier molecular flexibility index (Phi) is 6.51. The van der Waals surface area contributed by atoms with Crippen LogP contribution in [0.3, 0.4) is 0 Å². The lowest BCUT2D eigenvalue weighted by molar-refractivity contribution is 0.340. The van der Waals surface area contributed by atoms with Gasteiger partial charge in [-0.25, -0.2) is 4.98 Å². The molecule has 0 unspecified atom stereocenters. The summed E-state index contributed by atoms with van der Waals surface area (Å²) in [5.74, 6) is 1.53. The Labute approximate surface area is 204 Å². The van der Waals surface area contributed by atoms with Crippen molar-refractivity contribution in [3.05, 3.63) is 66.5 Å². The quantitative estimate of drug-likeness (QED) is 0.347. The fraction of sp³-hybridized carbons (Fsp3) is 0.296. The summed E-state index contributed by atoms with van der Waals surface area (Å²) < 4.78 is 7.21. The second-order valence-electron chi connectivity index (χ2n) is 8.79. The van der Waals surface area contributed by atoms with Gasteiger partial charge in [0.25, 0.3) is 0 Å². The van der Waals surface area contributed by atoms with E-state index in [1.165, 1.54) is 0 Å². The zero-order chi connectivity index (χ0) is 24.2. The monoisotopic (exact) mass is 467 g/mol. The van der Waals surface area contributed by atoms with Crippen LogP contribution in [0.2, 0.25) is 0 Å². The van der Waals surface area contributed by atoms with Gasteiger partial charge in [0.2, 0.25) is 0 Å². The van der Waals surface area contributed by atoms with Crippen LogP contribution in [0.15, 0.2) is 60.8 Å². The van der Waals surface area contributed by atoms with Gasteiger partial charge in [0.05, 0.1) is 24.1 Å². The number of nitrogens with one attached hydrogen (secondary N) is 2. The molecule has 0 aliphatic heterocycles. The number of nitriles is 1. The Balaban J connectivity index is 1.65. The minimum absolute atomic E-state index is 0.257. The number of aromatic nitrogens is 3. The van der Waals surface area contributed by atoms with Crippen molar-refractivity contribution in [2.45, 2.75) is 44.7 Å². The Morgan fingerprint density at radius 1 is 1.09 bits per heavy atom. The van der Waals surface area contributed by atoms with E-state index in [-0.39, 0.29) is 12.1 Å². The number of hydrogen-bond acceptors (Lipinski definition) is 7. The van der Waals surface area contributed by atoms with E-state index in [0.717, 1.165) is 53.9 Å². The highest BCUT2D eigenvalue weighted by atomic mass is 16.5. The molecule has 5 rings (SSSR count). The molecule has 8 nitrogen and oxygen atoms in total. The molecule has 4 N–H and O–H groups in total. The third-order valence-corrected chi connectivity index (χ3v) is 6.37. The van der Waals surface area contributed by atoms with Crippen molar-refractivity contribution in [3.63, 3.8) is 0 Å². The molecule has 0 atom stereocenters. The highest BCUT2D eigenvalue weighted by Gasteiger charge is 2.24. The molecule has 0 spiro atoms. The number of ether oxygens (including phenoxy) is 1. The number of rotatable bonds is 7. The first-order chi connectivity index (χ1) is 17.2. The van der Waals surface area contributed by atoms with Crippen LogP contribution in [0.4, 0.5) is 17.2 Å². The van der Waals surface area contributed by atoms with E-state index in [2.05, 4.69) is 33.8 Å². The maximum atomic E-state index is 9.69. The molecule has 2 aromatic heterocycles. The molecule has 1 saturated carbocycles. The molecule has 0 saturated heterocycles. The maximum Gasteiger partial charge on any atom is 0.179 e. The van der Waals surface area contributed by atoms with E-state index in [4.69, 9.17) is 15.6 Å². The van der Waals surface area contributed by atoms with E-state index in [1.54, 1.807) is 10.7 Å². The Bertz CT molecular complexity index is 1330. The summed E-state index contributed by atoms with van der Waals surface area (Å²) in [6.45, 7) is 2.58. The maximum absolute atomic E-state index is 9.69. The molecule has 1 fully saturated rings. The zero-order valence-electron chi connectivity index (χ0n) is 19.7. The number of benzene rings is 2. The fourth-order valence-corrected chi connectivity index (χ4v) is 4.58. The van der Waals surface area contributed by atoms with Crippen LogP contribution in [-0.2, 0) is 0 Å². The lowest BCUT2D eigenvalue weighted by Crippen LogP contribution is -2.33. The summed E-state index contributed by atoms with van der Waals surface area (Å²) in [7, 11) is 0.